The zero-order chi connectivity index (χ0) is 21.5. The Morgan fingerprint density at radius 3 is 2.42 bits per heavy atom. The third-order valence-electron chi connectivity index (χ3n) is 4.92. The molecule has 2 aromatic carbocycles. The number of para-hydroxylation sites is 1. The van der Waals surface area contributed by atoms with E-state index < -0.39 is 0 Å². The number of hydrogen-bond acceptors (Lipinski definition) is 5. The summed E-state index contributed by atoms with van der Waals surface area (Å²) in [6, 6.07) is 16.7. The van der Waals surface area contributed by atoms with Gasteiger partial charge in [0, 0.05) is 17.1 Å². The number of carbonyl (C=O) groups excluding carboxylic acids is 2. The molecular weight excluding hydrogens is 412 g/mol. The lowest BCUT2D eigenvalue weighted by Crippen LogP contribution is -2.36. The molecule has 1 saturated carbocycles. The number of carbonyl (C=O) groups is 2. The molecule has 8 heteroatoms. The minimum absolute atomic E-state index is 0.130. The van der Waals surface area contributed by atoms with Crippen LogP contribution in [0, 0.1) is 0 Å². The van der Waals surface area contributed by atoms with Crippen LogP contribution in [0.1, 0.15) is 31.4 Å². The molecule has 0 saturated heterocycles. The van der Waals surface area contributed by atoms with E-state index in [1.807, 2.05) is 30.3 Å². The minimum atomic E-state index is -0.241. The summed E-state index contributed by atoms with van der Waals surface area (Å²) in [5.41, 5.74) is 1.29. The van der Waals surface area contributed by atoms with E-state index in [2.05, 4.69) is 20.9 Å². The van der Waals surface area contributed by atoms with Crippen LogP contribution in [0.2, 0.25) is 0 Å². The third-order valence-corrected chi connectivity index (χ3v) is 5.73. The molecule has 3 amide bonds. The molecule has 160 valence electrons. The van der Waals surface area contributed by atoms with Crippen LogP contribution in [0.3, 0.4) is 0 Å². The van der Waals surface area contributed by atoms with Gasteiger partial charge in [0.05, 0.1) is 12.1 Å². The molecule has 0 unspecified atom stereocenters. The highest BCUT2D eigenvalue weighted by Crippen LogP contribution is 2.23. The lowest BCUT2D eigenvalue weighted by Gasteiger charge is -2.11. The first-order chi connectivity index (χ1) is 15.1. The molecule has 31 heavy (non-hydrogen) atoms. The summed E-state index contributed by atoms with van der Waals surface area (Å²) in [4.78, 5) is 28.7. The van der Waals surface area contributed by atoms with E-state index in [0.717, 1.165) is 31.4 Å². The average molecular weight is 437 g/mol. The Hall–Kier alpha value is -3.39. The summed E-state index contributed by atoms with van der Waals surface area (Å²) >= 11 is 1.31. The van der Waals surface area contributed by atoms with Crippen molar-refractivity contribution in [3.63, 3.8) is 0 Å². The van der Waals surface area contributed by atoms with Crippen LogP contribution in [0.25, 0.3) is 0 Å². The topological polar surface area (TPSA) is 92.4 Å². The summed E-state index contributed by atoms with van der Waals surface area (Å²) < 4.78 is 5.75. The van der Waals surface area contributed by atoms with E-state index >= 15 is 0 Å². The van der Waals surface area contributed by atoms with Crippen molar-refractivity contribution < 1.29 is 14.3 Å². The first kappa shape index (κ1) is 20.9. The van der Waals surface area contributed by atoms with Crippen LogP contribution in [-0.2, 0) is 11.2 Å². The Labute approximate surface area is 184 Å². The number of nitrogens with one attached hydrogen (secondary N) is 3. The van der Waals surface area contributed by atoms with Gasteiger partial charge in [-0.05, 0) is 49.2 Å². The molecule has 1 aliphatic carbocycles. The molecule has 1 fully saturated rings. The zero-order valence-corrected chi connectivity index (χ0v) is 17.8. The molecule has 3 N–H and O–H groups in total. The zero-order valence-electron chi connectivity index (χ0n) is 17.0. The molecule has 3 aromatic rings. The highest BCUT2D eigenvalue weighted by molar-refractivity contribution is 7.13. The lowest BCUT2D eigenvalue weighted by molar-refractivity contribution is -0.115. The molecule has 7 nitrogen and oxygen atoms in total. The van der Waals surface area contributed by atoms with E-state index in [1.165, 1.54) is 11.3 Å². The molecule has 0 bridgehead atoms. The fourth-order valence-electron chi connectivity index (χ4n) is 3.43. The number of rotatable bonds is 7. The number of hydrogen-bond donors (Lipinski definition) is 3. The molecule has 1 heterocycles. The molecule has 1 aliphatic rings. The molecule has 4 rings (SSSR count). The normalized spacial score (nSPS) is 13.5. The predicted molar refractivity (Wildman–Crippen MR) is 122 cm³/mol. The average Bonchev–Trinajstić information content (AvgIpc) is 3.42. The van der Waals surface area contributed by atoms with Crippen molar-refractivity contribution in [2.24, 2.45) is 0 Å². The van der Waals surface area contributed by atoms with E-state index in [1.54, 1.807) is 29.6 Å². The summed E-state index contributed by atoms with van der Waals surface area (Å²) in [7, 11) is 0. The molecule has 0 atom stereocenters. The Bertz CT molecular complexity index is 1010. The van der Waals surface area contributed by atoms with Crippen LogP contribution < -0.4 is 20.7 Å². The molecule has 0 radical (unpaired) electrons. The van der Waals surface area contributed by atoms with Crippen molar-refractivity contribution in [1.82, 2.24) is 10.3 Å². The van der Waals surface area contributed by atoms with Crippen molar-refractivity contribution in [3.8, 4) is 11.5 Å². The Kier molecular flexibility index (Phi) is 6.78. The highest BCUT2D eigenvalue weighted by Gasteiger charge is 2.18. The Morgan fingerprint density at radius 2 is 1.68 bits per heavy atom. The summed E-state index contributed by atoms with van der Waals surface area (Å²) in [6.45, 7) is 0. The standard InChI is InChI=1S/C23H24N4O3S/c28-21(24-17-10-12-20(13-11-17)30-19-8-2-1-3-9-19)14-18-15-31-23(26-18)27-22(29)25-16-6-4-5-7-16/h1-3,8-13,15-16H,4-7,14H2,(H,24,28)(H2,25,26,27,29). The van der Waals surface area contributed by atoms with Crippen molar-refractivity contribution in [3.05, 3.63) is 65.7 Å². The highest BCUT2D eigenvalue weighted by atomic mass is 32.1. The van der Waals surface area contributed by atoms with Gasteiger partial charge in [0.1, 0.15) is 11.5 Å². The molecular formula is C23H24N4O3S. The van der Waals surface area contributed by atoms with Gasteiger partial charge in [0.2, 0.25) is 5.91 Å². The van der Waals surface area contributed by atoms with E-state index in [-0.39, 0.29) is 24.4 Å². The number of urea groups is 1. The first-order valence-electron chi connectivity index (χ1n) is 10.3. The van der Waals surface area contributed by atoms with Crippen molar-refractivity contribution in [1.29, 1.82) is 0 Å². The van der Waals surface area contributed by atoms with Crippen LogP contribution in [0.4, 0.5) is 15.6 Å². The quantitative estimate of drug-likeness (QED) is 0.476. The molecule has 1 aromatic heterocycles. The number of aromatic nitrogens is 1. The van der Waals surface area contributed by atoms with Gasteiger partial charge in [-0.3, -0.25) is 10.1 Å². The van der Waals surface area contributed by atoms with Crippen molar-refractivity contribution in [2.75, 3.05) is 10.6 Å². The van der Waals surface area contributed by atoms with Crippen LogP contribution >= 0.6 is 11.3 Å². The van der Waals surface area contributed by atoms with Gasteiger partial charge in [0.25, 0.3) is 0 Å². The van der Waals surface area contributed by atoms with Crippen molar-refractivity contribution in [2.45, 2.75) is 38.1 Å². The number of thiazole rings is 1. The monoisotopic (exact) mass is 436 g/mol. The van der Waals surface area contributed by atoms with Gasteiger partial charge >= 0.3 is 6.03 Å². The maximum absolute atomic E-state index is 12.3. The summed E-state index contributed by atoms with van der Waals surface area (Å²) in [5.74, 6) is 1.27. The Balaban J connectivity index is 1.24. The second-order valence-corrected chi connectivity index (χ2v) is 8.25. The first-order valence-corrected chi connectivity index (χ1v) is 11.2. The second kappa shape index (κ2) is 10.1. The predicted octanol–water partition coefficient (Wildman–Crippen LogP) is 5.18. The molecule has 0 aliphatic heterocycles. The summed E-state index contributed by atoms with van der Waals surface area (Å²) in [5, 5.41) is 10.8. The van der Waals surface area contributed by atoms with Gasteiger partial charge < -0.3 is 15.4 Å². The van der Waals surface area contributed by atoms with Crippen molar-refractivity contribution >= 4 is 34.1 Å². The van der Waals surface area contributed by atoms with Crippen LogP contribution in [0.5, 0.6) is 11.5 Å². The lowest BCUT2D eigenvalue weighted by atomic mass is 10.2. The number of amides is 3. The smallest absolute Gasteiger partial charge is 0.321 e. The second-order valence-electron chi connectivity index (χ2n) is 7.39. The van der Waals surface area contributed by atoms with E-state index in [4.69, 9.17) is 4.74 Å². The van der Waals surface area contributed by atoms with E-state index in [9.17, 15) is 9.59 Å². The Morgan fingerprint density at radius 1 is 0.968 bits per heavy atom. The SMILES string of the molecule is O=C(Cc1csc(NC(=O)NC2CCCC2)n1)Nc1ccc(Oc2ccccc2)cc1. The number of benzene rings is 2. The van der Waals surface area contributed by atoms with Crippen LogP contribution in [-0.4, -0.2) is 23.0 Å². The van der Waals surface area contributed by atoms with Gasteiger partial charge in [-0.25, -0.2) is 9.78 Å². The van der Waals surface area contributed by atoms with Crippen LogP contribution in [0.15, 0.2) is 60.0 Å². The number of ether oxygens (including phenoxy) is 1. The minimum Gasteiger partial charge on any atom is -0.457 e. The maximum Gasteiger partial charge on any atom is 0.321 e. The van der Waals surface area contributed by atoms with E-state index in [0.29, 0.717) is 22.3 Å². The third kappa shape index (κ3) is 6.29. The van der Waals surface area contributed by atoms with Gasteiger partial charge in [-0.1, -0.05) is 31.0 Å². The fraction of sp³-hybridized carbons (Fsp3) is 0.261. The van der Waals surface area contributed by atoms with Gasteiger partial charge in [-0.2, -0.15) is 0 Å². The number of anilines is 2. The number of nitrogens with zero attached hydrogens (tertiary/aromatic N) is 1. The maximum atomic E-state index is 12.3. The fourth-order valence-corrected chi connectivity index (χ4v) is 4.14. The molecule has 0 spiro atoms. The van der Waals surface area contributed by atoms with Gasteiger partial charge in [-0.15, -0.1) is 11.3 Å². The largest absolute Gasteiger partial charge is 0.457 e. The van der Waals surface area contributed by atoms with Gasteiger partial charge in [0.15, 0.2) is 5.13 Å². The summed E-state index contributed by atoms with van der Waals surface area (Å²) in [6.07, 6.45) is 4.49.